The van der Waals surface area contributed by atoms with Crippen molar-refractivity contribution in [3.8, 4) is 0 Å². The summed E-state index contributed by atoms with van der Waals surface area (Å²) in [6.45, 7) is 4.35. The second-order valence-electron chi connectivity index (χ2n) is 5.89. The van der Waals surface area contributed by atoms with Gasteiger partial charge in [0.15, 0.2) is 0 Å². The molecule has 1 atom stereocenters. The lowest BCUT2D eigenvalue weighted by molar-refractivity contribution is 0.0953. The molecule has 0 radical (unpaired) electrons. The average molecular weight is 355 g/mol. The largest absolute Gasteiger partial charge is 0.306 e. The maximum Gasteiger partial charge on any atom is 0.265 e. The standard InChI is InChI=1S/C15H23BrN4O/c1-19-6-5-11(8-19)9-20(2)10-13-4-3-12(7-14(13)16)15(21)18-17/h3-4,7,11H,5-6,8-10,17H2,1-2H3,(H,18,21). The second kappa shape index (κ2) is 7.35. The maximum absolute atomic E-state index is 11.5. The van der Waals surface area contributed by atoms with Crippen LogP contribution in [0.3, 0.4) is 0 Å². The van der Waals surface area contributed by atoms with Crippen LogP contribution < -0.4 is 11.3 Å². The quantitative estimate of drug-likeness (QED) is 0.477. The zero-order valence-corrected chi connectivity index (χ0v) is 14.2. The molecule has 1 unspecified atom stereocenters. The lowest BCUT2D eigenvalue weighted by Crippen LogP contribution is -2.30. The topological polar surface area (TPSA) is 61.6 Å². The third-order valence-corrected chi connectivity index (χ3v) is 4.68. The number of nitrogens with zero attached hydrogens (tertiary/aromatic N) is 2. The Hall–Kier alpha value is -0.950. The predicted octanol–water partition coefficient (Wildman–Crippen LogP) is 1.44. The van der Waals surface area contributed by atoms with Gasteiger partial charge in [-0.15, -0.1) is 0 Å². The molecule has 0 spiro atoms. The van der Waals surface area contributed by atoms with Crippen LogP contribution in [0.1, 0.15) is 22.3 Å². The highest BCUT2D eigenvalue weighted by Gasteiger charge is 2.21. The summed E-state index contributed by atoms with van der Waals surface area (Å²) in [5.41, 5.74) is 3.89. The molecule has 1 amide bonds. The van der Waals surface area contributed by atoms with Gasteiger partial charge in [-0.1, -0.05) is 22.0 Å². The summed E-state index contributed by atoms with van der Waals surface area (Å²) in [5.74, 6) is 5.63. The van der Waals surface area contributed by atoms with Crippen molar-refractivity contribution in [1.29, 1.82) is 0 Å². The SMILES string of the molecule is CN1CCC(CN(C)Cc2ccc(C(=O)NN)cc2Br)C1. The van der Waals surface area contributed by atoms with Crippen LogP contribution in [0.15, 0.2) is 22.7 Å². The van der Waals surface area contributed by atoms with Crippen LogP contribution in [0.25, 0.3) is 0 Å². The van der Waals surface area contributed by atoms with E-state index in [4.69, 9.17) is 5.84 Å². The van der Waals surface area contributed by atoms with E-state index in [0.29, 0.717) is 5.56 Å². The summed E-state index contributed by atoms with van der Waals surface area (Å²) in [5, 5.41) is 0. The first-order valence-corrected chi connectivity index (χ1v) is 7.95. The lowest BCUT2D eigenvalue weighted by Gasteiger charge is -2.21. The Bertz CT molecular complexity index is 508. The van der Waals surface area contributed by atoms with Crippen LogP contribution in [0, 0.1) is 5.92 Å². The smallest absolute Gasteiger partial charge is 0.265 e. The molecule has 1 aliphatic rings. The fourth-order valence-corrected chi connectivity index (χ4v) is 3.38. The highest BCUT2D eigenvalue weighted by molar-refractivity contribution is 9.10. The number of carbonyl (C=O) groups excluding carboxylic acids is 1. The van der Waals surface area contributed by atoms with Gasteiger partial charge in [0.2, 0.25) is 0 Å². The first kappa shape index (κ1) is 16.4. The van der Waals surface area contributed by atoms with Gasteiger partial charge in [-0.05, 0) is 50.7 Å². The van der Waals surface area contributed by atoms with Crippen LogP contribution in [0.5, 0.6) is 0 Å². The number of hydrogen-bond donors (Lipinski definition) is 2. The number of carbonyl (C=O) groups is 1. The molecular weight excluding hydrogens is 332 g/mol. The van der Waals surface area contributed by atoms with Crippen molar-refractivity contribution in [2.75, 3.05) is 33.7 Å². The average Bonchev–Trinajstić information content (AvgIpc) is 2.85. The number of benzene rings is 1. The molecule has 0 bridgehead atoms. The first-order valence-electron chi connectivity index (χ1n) is 7.16. The molecule has 1 fully saturated rings. The number of rotatable bonds is 5. The third kappa shape index (κ3) is 4.51. The molecule has 116 valence electrons. The van der Waals surface area contributed by atoms with Gasteiger partial charge in [0.05, 0.1) is 0 Å². The summed E-state index contributed by atoms with van der Waals surface area (Å²) >= 11 is 3.54. The maximum atomic E-state index is 11.5. The number of likely N-dealkylation sites (tertiary alicyclic amines) is 1. The summed E-state index contributed by atoms with van der Waals surface area (Å²) in [6.07, 6.45) is 1.28. The Morgan fingerprint density at radius 2 is 2.33 bits per heavy atom. The Labute approximate surface area is 134 Å². The van der Waals surface area contributed by atoms with Gasteiger partial charge in [-0.25, -0.2) is 5.84 Å². The van der Waals surface area contributed by atoms with E-state index in [9.17, 15) is 4.79 Å². The van der Waals surface area contributed by atoms with Crippen LogP contribution in [-0.2, 0) is 6.54 Å². The third-order valence-electron chi connectivity index (χ3n) is 3.95. The van der Waals surface area contributed by atoms with Gasteiger partial charge >= 0.3 is 0 Å². The number of hydrazine groups is 1. The predicted molar refractivity (Wildman–Crippen MR) is 87.7 cm³/mol. The Morgan fingerprint density at radius 1 is 1.57 bits per heavy atom. The Balaban J connectivity index is 1.94. The molecule has 5 nitrogen and oxygen atoms in total. The molecule has 2 rings (SSSR count). The Kier molecular flexibility index (Phi) is 5.75. The van der Waals surface area contributed by atoms with E-state index in [1.54, 1.807) is 6.07 Å². The normalized spacial score (nSPS) is 19.2. The van der Waals surface area contributed by atoms with E-state index in [1.165, 1.54) is 25.1 Å². The van der Waals surface area contributed by atoms with Crippen molar-refractivity contribution in [3.63, 3.8) is 0 Å². The van der Waals surface area contributed by atoms with Crippen molar-refractivity contribution < 1.29 is 4.79 Å². The van der Waals surface area contributed by atoms with Crippen LogP contribution >= 0.6 is 15.9 Å². The monoisotopic (exact) mass is 354 g/mol. The van der Waals surface area contributed by atoms with Crippen molar-refractivity contribution >= 4 is 21.8 Å². The molecule has 1 aliphatic heterocycles. The number of nitrogen functional groups attached to an aromatic ring is 1. The molecule has 0 aromatic heterocycles. The molecule has 6 heteroatoms. The van der Waals surface area contributed by atoms with E-state index in [1.807, 2.05) is 12.1 Å². The van der Waals surface area contributed by atoms with E-state index in [0.717, 1.165) is 23.5 Å². The van der Waals surface area contributed by atoms with Gasteiger partial charge in [0, 0.05) is 29.7 Å². The van der Waals surface area contributed by atoms with Gasteiger partial charge in [-0.3, -0.25) is 10.2 Å². The summed E-state index contributed by atoms with van der Waals surface area (Å²) < 4.78 is 0.944. The molecular formula is C15H23BrN4O. The highest BCUT2D eigenvalue weighted by Crippen LogP contribution is 2.21. The van der Waals surface area contributed by atoms with Crippen LogP contribution in [0.4, 0.5) is 0 Å². The number of amides is 1. The fraction of sp³-hybridized carbons (Fsp3) is 0.533. The number of halogens is 1. The summed E-state index contributed by atoms with van der Waals surface area (Å²) in [4.78, 5) is 16.2. The molecule has 1 heterocycles. The molecule has 0 aliphatic carbocycles. The molecule has 21 heavy (non-hydrogen) atoms. The zero-order chi connectivity index (χ0) is 15.4. The van der Waals surface area contributed by atoms with Gasteiger partial charge < -0.3 is 9.80 Å². The minimum atomic E-state index is -0.274. The van der Waals surface area contributed by atoms with E-state index < -0.39 is 0 Å². The number of nitrogens with one attached hydrogen (secondary N) is 1. The van der Waals surface area contributed by atoms with E-state index >= 15 is 0 Å². The van der Waals surface area contributed by atoms with Gasteiger partial charge in [0.25, 0.3) is 5.91 Å². The van der Waals surface area contributed by atoms with Crippen molar-refractivity contribution in [1.82, 2.24) is 15.2 Å². The number of hydrogen-bond acceptors (Lipinski definition) is 4. The molecule has 1 saturated heterocycles. The van der Waals surface area contributed by atoms with Crippen LogP contribution in [0.2, 0.25) is 0 Å². The van der Waals surface area contributed by atoms with Crippen molar-refractivity contribution in [3.05, 3.63) is 33.8 Å². The van der Waals surface area contributed by atoms with Gasteiger partial charge in [-0.2, -0.15) is 0 Å². The first-order chi connectivity index (χ1) is 9.99. The fourth-order valence-electron chi connectivity index (χ4n) is 2.87. The molecule has 1 aromatic carbocycles. The van der Waals surface area contributed by atoms with Gasteiger partial charge in [0.1, 0.15) is 0 Å². The van der Waals surface area contributed by atoms with E-state index in [-0.39, 0.29) is 5.91 Å². The second-order valence-corrected chi connectivity index (χ2v) is 6.75. The van der Waals surface area contributed by atoms with E-state index in [2.05, 4.69) is 45.3 Å². The molecule has 3 N–H and O–H groups in total. The molecule has 0 saturated carbocycles. The summed E-state index contributed by atoms with van der Waals surface area (Å²) in [7, 11) is 4.32. The Morgan fingerprint density at radius 3 is 2.90 bits per heavy atom. The van der Waals surface area contributed by atoms with Crippen molar-refractivity contribution in [2.45, 2.75) is 13.0 Å². The summed E-state index contributed by atoms with van der Waals surface area (Å²) in [6, 6.07) is 5.60. The minimum absolute atomic E-state index is 0.274. The lowest BCUT2D eigenvalue weighted by atomic mass is 10.1. The minimum Gasteiger partial charge on any atom is -0.306 e. The van der Waals surface area contributed by atoms with Crippen LogP contribution in [-0.4, -0.2) is 49.4 Å². The molecule has 1 aromatic rings. The zero-order valence-electron chi connectivity index (χ0n) is 12.6. The van der Waals surface area contributed by atoms with Crippen molar-refractivity contribution in [2.24, 2.45) is 11.8 Å². The highest BCUT2D eigenvalue weighted by atomic mass is 79.9. The number of nitrogens with two attached hydrogens (primary N) is 1.